The number of alkyl halides is 3. The summed E-state index contributed by atoms with van der Waals surface area (Å²) >= 11 is 0. The number of rotatable bonds is 4. The maximum atomic E-state index is 12.1. The van der Waals surface area contributed by atoms with E-state index in [0.717, 1.165) is 11.3 Å². The average Bonchev–Trinajstić information content (AvgIpc) is 2.40. The van der Waals surface area contributed by atoms with E-state index in [1.807, 2.05) is 24.1 Å². The van der Waals surface area contributed by atoms with Crippen LogP contribution in [0.1, 0.15) is 5.56 Å². The van der Waals surface area contributed by atoms with Gasteiger partial charge in [0, 0.05) is 25.0 Å². The average molecular weight is 296 g/mol. The molecular weight excluding hydrogens is 281 g/mol. The number of anilines is 2. The highest BCUT2D eigenvalue weighted by molar-refractivity contribution is 5.52. The van der Waals surface area contributed by atoms with Crippen LogP contribution in [0.2, 0.25) is 0 Å². The van der Waals surface area contributed by atoms with Crippen LogP contribution in [0.4, 0.5) is 24.5 Å². The maximum absolute atomic E-state index is 12.1. The molecule has 112 valence electrons. The highest BCUT2D eigenvalue weighted by Gasteiger charge is 2.30. The van der Waals surface area contributed by atoms with Gasteiger partial charge in [-0.15, -0.1) is 13.2 Å². The molecule has 0 saturated heterocycles. The smallest absolute Gasteiger partial charge is 0.406 e. The molecule has 2 rings (SSSR count). The fourth-order valence-electron chi connectivity index (χ4n) is 1.89. The first kappa shape index (κ1) is 15.0. The zero-order valence-corrected chi connectivity index (χ0v) is 11.4. The van der Waals surface area contributed by atoms with Crippen LogP contribution in [-0.2, 0) is 6.54 Å². The molecule has 0 aliphatic rings. The fourth-order valence-corrected chi connectivity index (χ4v) is 1.89. The largest absolute Gasteiger partial charge is 0.573 e. The minimum Gasteiger partial charge on any atom is -0.406 e. The molecule has 0 aliphatic carbocycles. The predicted octanol–water partition coefficient (Wildman–Crippen LogP) is 3.80. The predicted molar refractivity (Wildman–Crippen MR) is 76.1 cm³/mol. The van der Waals surface area contributed by atoms with Crippen molar-refractivity contribution in [3.05, 3.63) is 54.1 Å². The molecular formula is C15H15F3N2O. The van der Waals surface area contributed by atoms with E-state index in [1.165, 1.54) is 12.1 Å². The number of halogens is 3. The Bertz CT molecular complexity index is 579. The number of nitrogens with two attached hydrogens (primary N) is 1. The molecule has 2 N–H and O–H groups in total. The van der Waals surface area contributed by atoms with Crippen molar-refractivity contribution in [3.8, 4) is 5.75 Å². The third kappa shape index (κ3) is 4.59. The Morgan fingerprint density at radius 2 is 1.57 bits per heavy atom. The van der Waals surface area contributed by atoms with Crippen molar-refractivity contribution in [2.75, 3.05) is 17.7 Å². The van der Waals surface area contributed by atoms with Crippen LogP contribution in [-0.4, -0.2) is 13.4 Å². The van der Waals surface area contributed by atoms with Crippen molar-refractivity contribution in [1.82, 2.24) is 0 Å². The molecule has 0 unspecified atom stereocenters. The highest BCUT2D eigenvalue weighted by Crippen LogP contribution is 2.23. The number of nitrogen functional groups attached to an aromatic ring is 1. The first-order chi connectivity index (χ1) is 9.83. The quantitative estimate of drug-likeness (QED) is 0.872. The van der Waals surface area contributed by atoms with E-state index >= 15 is 0 Å². The Balaban J connectivity index is 2.01. The molecule has 2 aromatic carbocycles. The molecule has 0 spiro atoms. The summed E-state index contributed by atoms with van der Waals surface area (Å²) in [5, 5.41) is 0. The zero-order valence-electron chi connectivity index (χ0n) is 11.4. The van der Waals surface area contributed by atoms with Gasteiger partial charge < -0.3 is 15.4 Å². The van der Waals surface area contributed by atoms with E-state index in [-0.39, 0.29) is 5.75 Å². The maximum Gasteiger partial charge on any atom is 0.573 e. The van der Waals surface area contributed by atoms with Gasteiger partial charge in [-0.25, -0.2) is 0 Å². The van der Waals surface area contributed by atoms with E-state index < -0.39 is 6.36 Å². The topological polar surface area (TPSA) is 38.5 Å². The summed E-state index contributed by atoms with van der Waals surface area (Å²) in [5.41, 5.74) is 8.15. The standard InChI is InChI=1S/C15H15F3N2O/c1-20(13-6-4-12(19)5-7-13)10-11-2-8-14(9-3-11)21-15(16,17)18/h2-9H,10,19H2,1H3. The molecule has 0 heterocycles. The monoisotopic (exact) mass is 296 g/mol. The summed E-state index contributed by atoms with van der Waals surface area (Å²) in [4.78, 5) is 1.97. The summed E-state index contributed by atoms with van der Waals surface area (Å²) in [7, 11) is 1.89. The van der Waals surface area contributed by atoms with Crippen molar-refractivity contribution in [2.45, 2.75) is 12.9 Å². The normalized spacial score (nSPS) is 11.2. The van der Waals surface area contributed by atoms with E-state index in [1.54, 1.807) is 24.3 Å². The van der Waals surface area contributed by atoms with E-state index in [2.05, 4.69) is 4.74 Å². The van der Waals surface area contributed by atoms with Crippen LogP contribution in [0.25, 0.3) is 0 Å². The van der Waals surface area contributed by atoms with Gasteiger partial charge in [-0.3, -0.25) is 0 Å². The fraction of sp³-hybridized carbons (Fsp3) is 0.200. The number of ether oxygens (including phenoxy) is 1. The second-order valence-electron chi connectivity index (χ2n) is 4.64. The van der Waals surface area contributed by atoms with Gasteiger partial charge in [-0.2, -0.15) is 0 Å². The number of hydrogen-bond acceptors (Lipinski definition) is 3. The van der Waals surface area contributed by atoms with Crippen LogP contribution in [0.15, 0.2) is 48.5 Å². The lowest BCUT2D eigenvalue weighted by molar-refractivity contribution is -0.274. The molecule has 0 aromatic heterocycles. The van der Waals surface area contributed by atoms with Crippen LogP contribution >= 0.6 is 0 Å². The molecule has 0 radical (unpaired) electrons. The van der Waals surface area contributed by atoms with Gasteiger partial charge in [0.05, 0.1) is 0 Å². The Hall–Kier alpha value is -2.37. The van der Waals surface area contributed by atoms with Gasteiger partial charge in [0.15, 0.2) is 0 Å². The molecule has 21 heavy (non-hydrogen) atoms. The molecule has 0 aliphatic heterocycles. The molecule has 6 heteroatoms. The minimum atomic E-state index is -4.66. The molecule has 0 atom stereocenters. The lowest BCUT2D eigenvalue weighted by Crippen LogP contribution is -2.18. The van der Waals surface area contributed by atoms with Gasteiger partial charge in [0.2, 0.25) is 0 Å². The molecule has 0 saturated carbocycles. The minimum absolute atomic E-state index is 0.221. The van der Waals surface area contributed by atoms with Gasteiger partial charge in [0.1, 0.15) is 5.75 Å². The van der Waals surface area contributed by atoms with Gasteiger partial charge >= 0.3 is 6.36 Å². The number of hydrogen-bond donors (Lipinski definition) is 1. The summed E-state index contributed by atoms with van der Waals surface area (Å²) < 4.78 is 40.0. The second-order valence-corrected chi connectivity index (χ2v) is 4.64. The van der Waals surface area contributed by atoms with Crippen LogP contribution < -0.4 is 15.4 Å². The SMILES string of the molecule is CN(Cc1ccc(OC(F)(F)F)cc1)c1ccc(N)cc1. The summed E-state index contributed by atoms with van der Waals surface area (Å²) in [6.07, 6.45) is -4.66. The van der Waals surface area contributed by atoms with E-state index in [9.17, 15) is 13.2 Å². The third-order valence-electron chi connectivity index (χ3n) is 2.91. The summed E-state index contributed by atoms with van der Waals surface area (Å²) in [6.45, 7) is 0.566. The van der Waals surface area contributed by atoms with Crippen molar-refractivity contribution in [3.63, 3.8) is 0 Å². The highest BCUT2D eigenvalue weighted by atomic mass is 19.4. The number of nitrogens with zero attached hydrogens (tertiary/aromatic N) is 1. The molecule has 2 aromatic rings. The molecule has 3 nitrogen and oxygen atoms in total. The van der Waals surface area contributed by atoms with Gasteiger partial charge in [-0.05, 0) is 42.0 Å². The first-order valence-electron chi connectivity index (χ1n) is 6.25. The third-order valence-corrected chi connectivity index (χ3v) is 2.91. The van der Waals surface area contributed by atoms with Crippen molar-refractivity contribution in [1.29, 1.82) is 0 Å². The summed E-state index contributed by atoms with van der Waals surface area (Å²) in [5.74, 6) is -0.221. The van der Waals surface area contributed by atoms with Crippen LogP contribution in [0.5, 0.6) is 5.75 Å². The Morgan fingerprint density at radius 3 is 2.10 bits per heavy atom. The molecule has 0 bridgehead atoms. The Morgan fingerprint density at radius 1 is 1.00 bits per heavy atom. The molecule has 0 amide bonds. The molecule has 0 fully saturated rings. The van der Waals surface area contributed by atoms with Crippen molar-refractivity contribution in [2.24, 2.45) is 0 Å². The number of benzene rings is 2. The lowest BCUT2D eigenvalue weighted by atomic mass is 10.2. The van der Waals surface area contributed by atoms with E-state index in [0.29, 0.717) is 12.2 Å². The van der Waals surface area contributed by atoms with Gasteiger partial charge in [-0.1, -0.05) is 12.1 Å². The summed E-state index contributed by atoms with van der Waals surface area (Å²) in [6, 6.07) is 13.2. The first-order valence-corrected chi connectivity index (χ1v) is 6.25. The lowest BCUT2D eigenvalue weighted by Gasteiger charge is -2.19. The zero-order chi connectivity index (χ0) is 15.5. The van der Waals surface area contributed by atoms with Crippen molar-refractivity contribution >= 4 is 11.4 Å². The Kier molecular flexibility index (Phi) is 4.26. The van der Waals surface area contributed by atoms with Crippen molar-refractivity contribution < 1.29 is 17.9 Å². The second kappa shape index (κ2) is 5.95. The van der Waals surface area contributed by atoms with E-state index in [4.69, 9.17) is 5.73 Å². The van der Waals surface area contributed by atoms with Crippen LogP contribution in [0.3, 0.4) is 0 Å². The Labute approximate surface area is 120 Å². The van der Waals surface area contributed by atoms with Gasteiger partial charge in [0.25, 0.3) is 0 Å². The van der Waals surface area contributed by atoms with Crippen LogP contribution in [0, 0.1) is 0 Å².